The number of hydrogen-bond acceptors (Lipinski definition) is 5. The van der Waals surface area contributed by atoms with Gasteiger partial charge in [0.25, 0.3) is 0 Å². The maximum Gasteiger partial charge on any atom is 0.347 e. The first kappa shape index (κ1) is 14.0. The minimum atomic E-state index is -0.543. The van der Waals surface area contributed by atoms with E-state index in [0.29, 0.717) is 18.5 Å². The molecule has 0 atom stereocenters. The number of fused-ring (bicyclic) bond motifs is 1. The van der Waals surface area contributed by atoms with Crippen LogP contribution in [0.5, 0.6) is 0 Å². The summed E-state index contributed by atoms with van der Waals surface area (Å²) in [6, 6.07) is 8.87. The number of nitrogens with zero attached hydrogens (tertiary/aromatic N) is 1. The number of para-hydroxylation sites is 1. The highest BCUT2D eigenvalue weighted by Crippen LogP contribution is 2.13. The average molecular weight is 286 g/mol. The molecule has 0 aliphatic carbocycles. The van der Waals surface area contributed by atoms with Gasteiger partial charge in [0.1, 0.15) is 11.1 Å². The number of Topliss-reactive ketones (excluding diaryl/α,β-unsaturated/α-hetero) is 1. The first-order chi connectivity index (χ1) is 10.2. The summed E-state index contributed by atoms with van der Waals surface area (Å²) in [4.78, 5) is 26.4. The fourth-order valence-corrected chi connectivity index (χ4v) is 2.59. The summed E-state index contributed by atoms with van der Waals surface area (Å²) >= 11 is 0. The molecule has 1 fully saturated rings. The predicted octanol–water partition coefficient (Wildman–Crippen LogP) is 1.27. The van der Waals surface area contributed by atoms with Crippen molar-refractivity contribution in [2.24, 2.45) is 0 Å². The zero-order valence-corrected chi connectivity index (χ0v) is 11.8. The molecule has 110 valence electrons. The fraction of sp³-hybridized carbons (Fsp3) is 0.375. The van der Waals surface area contributed by atoms with Crippen LogP contribution in [0.4, 0.5) is 0 Å². The summed E-state index contributed by atoms with van der Waals surface area (Å²) in [6.45, 7) is 4.48. The molecule has 0 unspecified atom stereocenters. The number of ketones is 1. The Hall–Kier alpha value is -1.98. The van der Waals surface area contributed by atoms with Crippen LogP contribution in [0.1, 0.15) is 16.8 Å². The van der Waals surface area contributed by atoms with Crippen molar-refractivity contribution < 1.29 is 9.21 Å². The highest BCUT2D eigenvalue weighted by molar-refractivity contribution is 5.98. The van der Waals surface area contributed by atoms with Gasteiger partial charge in [-0.15, -0.1) is 0 Å². The molecular weight excluding hydrogens is 268 g/mol. The Morgan fingerprint density at radius 2 is 2.00 bits per heavy atom. The van der Waals surface area contributed by atoms with E-state index >= 15 is 0 Å². The standard InChI is InChI=1S/C16H18N2O3/c19-14(5-8-18-9-6-17-7-10-18)13-11-12-3-1-2-4-15(12)21-16(13)20/h1-4,11,17H,5-10H2. The van der Waals surface area contributed by atoms with Crippen molar-refractivity contribution in [3.05, 3.63) is 46.3 Å². The minimum absolute atomic E-state index is 0.145. The molecule has 21 heavy (non-hydrogen) atoms. The van der Waals surface area contributed by atoms with E-state index in [-0.39, 0.29) is 11.3 Å². The van der Waals surface area contributed by atoms with Crippen molar-refractivity contribution >= 4 is 16.8 Å². The first-order valence-corrected chi connectivity index (χ1v) is 7.23. The van der Waals surface area contributed by atoms with Crippen LogP contribution in [0.25, 0.3) is 11.0 Å². The van der Waals surface area contributed by atoms with E-state index in [4.69, 9.17) is 4.42 Å². The summed E-state index contributed by atoms with van der Waals surface area (Å²) in [6.07, 6.45) is 0.350. The molecular formula is C16H18N2O3. The Morgan fingerprint density at radius 3 is 2.81 bits per heavy atom. The van der Waals surface area contributed by atoms with Gasteiger partial charge >= 0.3 is 5.63 Å². The van der Waals surface area contributed by atoms with Gasteiger partial charge in [-0.25, -0.2) is 4.79 Å². The Bertz CT molecular complexity index is 702. The van der Waals surface area contributed by atoms with E-state index in [1.807, 2.05) is 12.1 Å². The fourth-order valence-electron chi connectivity index (χ4n) is 2.59. The van der Waals surface area contributed by atoms with Gasteiger partial charge in [0, 0.05) is 44.5 Å². The van der Waals surface area contributed by atoms with E-state index in [2.05, 4.69) is 10.2 Å². The largest absolute Gasteiger partial charge is 0.422 e. The van der Waals surface area contributed by atoms with Gasteiger partial charge in [-0.2, -0.15) is 0 Å². The second kappa shape index (κ2) is 6.20. The number of benzene rings is 1. The summed E-state index contributed by atoms with van der Waals surface area (Å²) in [5.74, 6) is -0.145. The van der Waals surface area contributed by atoms with Crippen molar-refractivity contribution in [1.29, 1.82) is 0 Å². The van der Waals surface area contributed by atoms with Gasteiger partial charge < -0.3 is 14.6 Å². The van der Waals surface area contributed by atoms with Crippen LogP contribution in [0.15, 0.2) is 39.5 Å². The first-order valence-electron chi connectivity index (χ1n) is 7.23. The van der Waals surface area contributed by atoms with Crippen LogP contribution in [0.2, 0.25) is 0 Å². The molecule has 0 bridgehead atoms. The number of hydrogen-bond donors (Lipinski definition) is 1. The van der Waals surface area contributed by atoms with Gasteiger partial charge in [0.05, 0.1) is 0 Å². The molecule has 0 saturated carbocycles. The SMILES string of the molecule is O=C(CCN1CCNCC1)c1cc2ccccc2oc1=O. The Morgan fingerprint density at radius 1 is 1.24 bits per heavy atom. The van der Waals surface area contributed by atoms with Crippen LogP contribution in [-0.2, 0) is 0 Å². The van der Waals surface area contributed by atoms with Crippen LogP contribution in [-0.4, -0.2) is 43.4 Å². The monoisotopic (exact) mass is 286 g/mol. The third kappa shape index (κ3) is 3.20. The van der Waals surface area contributed by atoms with Gasteiger partial charge in [-0.3, -0.25) is 4.79 Å². The van der Waals surface area contributed by atoms with Crippen LogP contribution in [0, 0.1) is 0 Å². The zero-order valence-electron chi connectivity index (χ0n) is 11.8. The van der Waals surface area contributed by atoms with E-state index < -0.39 is 5.63 Å². The van der Waals surface area contributed by atoms with Gasteiger partial charge in [-0.1, -0.05) is 18.2 Å². The molecule has 0 radical (unpaired) electrons. The van der Waals surface area contributed by atoms with Crippen molar-refractivity contribution in [2.45, 2.75) is 6.42 Å². The molecule has 3 rings (SSSR count). The lowest BCUT2D eigenvalue weighted by molar-refractivity contribution is 0.0957. The molecule has 5 heteroatoms. The quantitative estimate of drug-likeness (QED) is 0.677. The molecule has 0 spiro atoms. The highest BCUT2D eigenvalue weighted by Gasteiger charge is 2.16. The van der Waals surface area contributed by atoms with Crippen LogP contribution in [0.3, 0.4) is 0 Å². The van der Waals surface area contributed by atoms with Crippen molar-refractivity contribution in [3.8, 4) is 0 Å². The maximum absolute atomic E-state index is 12.2. The second-order valence-corrected chi connectivity index (χ2v) is 5.25. The van der Waals surface area contributed by atoms with E-state index in [1.54, 1.807) is 18.2 Å². The third-order valence-electron chi connectivity index (χ3n) is 3.81. The summed E-state index contributed by atoms with van der Waals surface area (Å²) in [5.41, 5.74) is 0.129. The molecule has 1 saturated heterocycles. The molecule has 1 N–H and O–H groups in total. The molecule has 2 aromatic rings. The second-order valence-electron chi connectivity index (χ2n) is 5.25. The van der Waals surface area contributed by atoms with Crippen molar-refractivity contribution in [2.75, 3.05) is 32.7 Å². The molecule has 2 heterocycles. The molecule has 0 amide bonds. The Kier molecular flexibility index (Phi) is 4.13. The van der Waals surface area contributed by atoms with Gasteiger partial charge in [-0.05, 0) is 12.1 Å². The average Bonchev–Trinajstić information content (AvgIpc) is 2.53. The number of carbonyl (C=O) groups is 1. The summed E-state index contributed by atoms with van der Waals surface area (Å²) in [5, 5.41) is 4.05. The van der Waals surface area contributed by atoms with Gasteiger partial charge in [0.2, 0.25) is 0 Å². The highest BCUT2D eigenvalue weighted by atomic mass is 16.4. The minimum Gasteiger partial charge on any atom is -0.422 e. The molecule has 5 nitrogen and oxygen atoms in total. The predicted molar refractivity (Wildman–Crippen MR) is 80.7 cm³/mol. The number of nitrogens with one attached hydrogen (secondary N) is 1. The van der Waals surface area contributed by atoms with Crippen LogP contribution < -0.4 is 10.9 Å². The normalized spacial score (nSPS) is 16.2. The molecule has 1 aromatic heterocycles. The molecule has 1 aliphatic heterocycles. The molecule has 1 aromatic carbocycles. The zero-order chi connectivity index (χ0) is 14.7. The lowest BCUT2D eigenvalue weighted by atomic mass is 10.1. The number of rotatable bonds is 4. The number of piperazine rings is 1. The van der Waals surface area contributed by atoms with E-state index in [9.17, 15) is 9.59 Å². The Labute approximate surface area is 122 Å². The topological polar surface area (TPSA) is 62.6 Å². The van der Waals surface area contributed by atoms with Gasteiger partial charge in [0.15, 0.2) is 5.78 Å². The lowest BCUT2D eigenvalue weighted by Gasteiger charge is -2.26. The van der Waals surface area contributed by atoms with E-state index in [0.717, 1.165) is 31.6 Å². The lowest BCUT2D eigenvalue weighted by Crippen LogP contribution is -2.44. The number of carbonyl (C=O) groups excluding carboxylic acids is 1. The van der Waals surface area contributed by atoms with Crippen molar-refractivity contribution in [3.63, 3.8) is 0 Å². The maximum atomic E-state index is 12.2. The molecule has 1 aliphatic rings. The Balaban J connectivity index is 1.74. The third-order valence-corrected chi connectivity index (χ3v) is 3.81. The smallest absolute Gasteiger partial charge is 0.347 e. The van der Waals surface area contributed by atoms with Crippen molar-refractivity contribution in [1.82, 2.24) is 10.2 Å². The summed E-state index contributed by atoms with van der Waals surface area (Å²) < 4.78 is 5.21. The van der Waals surface area contributed by atoms with E-state index in [1.165, 1.54) is 0 Å². The summed E-state index contributed by atoms with van der Waals surface area (Å²) in [7, 11) is 0. The van der Waals surface area contributed by atoms with Crippen LogP contribution >= 0.6 is 0 Å².